The van der Waals surface area contributed by atoms with Crippen LogP contribution in [-0.4, -0.2) is 39.4 Å². The van der Waals surface area contributed by atoms with E-state index in [0.29, 0.717) is 35.0 Å². The third-order valence-electron chi connectivity index (χ3n) is 5.31. The molecule has 0 aliphatic rings. The molecule has 174 valence electrons. The van der Waals surface area contributed by atoms with E-state index < -0.39 is 0 Å². The van der Waals surface area contributed by atoms with E-state index >= 15 is 0 Å². The van der Waals surface area contributed by atoms with Crippen LogP contribution in [0.25, 0.3) is 16.5 Å². The first-order valence-corrected chi connectivity index (χ1v) is 10.5. The predicted molar refractivity (Wildman–Crippen MR) is 127 cm³/mol. The van der Waals surface area contributed by atoms with E-state index in [4.69, 9.17) is 23.7 Å². The summed E-state index contributed by atoms with van der Waals surface area (Å²) in [5.74, 6) is 1.91. The van der Waals surface area contributed by atoms with E-state index in [1.54, 1.807) is 54.5 Å². The van der Waals surface area contributed by atoms with Gasteiger partial charge in [0.15, 0.2) is 23.0 Å². The summed E-state index contributed by atoms with van der Waals surface area (Å²) < 4.78 is 27.4. The Morgan fingerprint density at radius 1 is 0.909 bits per heavy atom. The van der Waals surface area contributed by atoms with Crippen LogP contribution in [0.5, 0.6) is 23.0 Å². The molecule has 0 N–H and O–H groups in total. The summed E-state index contributed by atoms with van der Waals surface area (Å²) >= 11 is 0. The molecule has 0 bridgehead atoms. The van der Waals surface area contributed by atoms with Crippen molar-refractivity contribution in [2.45, 2.75) is 20.3 Å². The Kier molecular flexibility index (Phi) is 7.43. The van der Waals surface area contributed by atoms with Crippen LogP contribution in [0.15, 0.2) is 43.1 Å². The van der Waals surface area contributed by atoms with Gasteiger partial charge in [-0.3, -0.25) is 9.78 Å². The fourth-order valence-corrected chi connectivity index (χ4v) is 3.50. The summed E-state index contributed by atoms with van der Waals surface area (Å²) in [5, 5.41) is 1.88. The molecule has 0 spiro atoms. The van der Waals surface area contributed by atoms with Crippen molar-refractivity contribution in [2.24, 2.45) is 5.92 Å². The standard InChI is InChI=1S/C26H29NO6/c1-15(2)26(28)33-16(3)19-13-24(31-6)23(30-5)12-18(19)10-21-20-14-25(32-7)22(29-4)11-17(20)8-9-27-21/h8-9,11-15H,3,10H2,1-2,4-7H3. The highest BCUT2D eigenvalue weighted by atomic mass is 16.5. The summed E-state index contributed by atoms with van der Waals surface area (Å²) in [6.07, 6.45) is 2.18. The van der Waals surface area contributed by atoms with Crippen molar-refractivity contribution in [1.82, 2.24) is 4.98 Å². The molecule has 3 aromatic rings. The van der Waals surface area contributed by atoms with E-state index in [0.717, 1.165) is 22.0 Å². The average Bonchev–Trinajstić information content (AvgIpc) is 2.82. The van der Waals surface area contributed by atoms with E-state index in [1.165, 1.54) is 0 Å². The molecule has 0 unspecified atom stereocenters. The maximum absolute atomic E-state index is 12.2. The largest absolute Gasteiger partial charge is 0.493 e. The van der Waals surface area contributed by atoms with Crippen molar-refractivity contribution in [3.63, 3.8) is 0 Å². The minimum atomic E-state index is -0.360. The van der Waals surface area contributed by atoms with Crippen LogP contribution in [0.1, 0.15) is 30.7 Å². The van der Waals surface area contributed by atoms with Crippen LogP contribution in [0.4, 0.5) is 0 Å². The van der Waals surface area contributed by atoms with Gasteiger partial charge in [-0.1, -0.05) is 20.4 Å². The Morgan fingerprint density at radius 2 is 1.48 bits per heavy atom. The molecular formula is C26H29NO6. The van der Waals surface area contributed by atoms with Crippen LogP contribution < -0.4 is 18.9 Å². The highest BCUT2D eigenvalue weighted by molar-refractivity contribution is 5.88. The zero-order valence-corrected chi connectivity index (χ0v) is 19.9. The van der Waals surface area contributed by atoms with Crippen LogP contribution in [0, 0.1) is 5.92 Å². The number of fused-ring (bicyclic) bond motifs is 1. The lowest BCUT2D eigenvalue weighted by Gasteiger charge is -2.18. The Labute approximate surface area is 193 Å². The minimum Gasteiger partial charge on any atom is -0.493 e. The number of esters is 1. The Balaban J connectivity index is 2.13. The molecule has 0 saturated heterocycles. The summed E-state index contributed by atoms with van der Waals surface area (Å²) in [4.78, 5) is 16.8. The van der Waals surface area contributed by atoms with Gasteiger partial charge in [-0.15, -0.1) is 0 Å². The Bertz CT molecular complexity index is 1190. The molecule has 0 atom stereocenters. The number of carbonyl (C=O) groups is 1. The second-order valence-corrected chi connectivity index (χ2v) is 7.73. The molecule has 0 radical (unpaired) electrons. The molecule has 7 nitrogen and oxygen atoms in total. The number of methoxy groups -OCH3 is 4. The van der Waals surface area contributed by atoms with Crippen LogP contribution in [0.2, 0.25) is 0 Å². The first kappa shape index (κ1) is 23.9. The number of benzene rings is 2. The lowest BCUT2D eigenvalue weighted by atomic mass is 9.97. The van der Waals surface area contributed by atoms with Gasteiger partial charge in [0.05, 0.1) is 40.1 Å². The van der Waals surface area contributed by atoms with Crippen molar-refractivity contribution < 1.29 is 28.5 Å². The number of nitrogens with zero attached hydrogens (tertiary/aromatic N) is 1. The third-order valence-corrected chi connectivity index (χ3v) is 5.31. The molecule has 1 aromatic heterocycles. The molecule has 2 aromatic carbocycles. The minimum absolute atomic E-state index is 0.240. The molecule has 3 rings (SSSR count). The van der Waals surface area contributed by atoms with E-state index in [2.05, 4.69) is 11.6 Å². The quantitative estimate of drug-likeness (QED) is 0.334. The second kappa shape index (κ2) is 10.3. The lowest BCUT2D eigenvalue weighted by Crippen LogP contribution is -2.11. The predicted octanol–water partition coefficient (Wildman–Crippen LogP) is 5.03. The molecule has 7 heteroatoms. The van der Waals surface area contributed by atoms with Gasteiger partial charge < -0.3 is 23.7 Å². The highest BCUT2D eigenvalue weighted by Crippen LogP contribution is 2.37. The van der Waals surface area contributed by atoms with Crippen molar-refractivity contribution in [1.29, 1.82) is 0 Å². The van der Waals surface area contributed by atoms with Crippen LogP contribution >= 0.6 is 0 Å². The maximum Gasteiger partial charge on any atom is 0.313 e. The van der Waals surface area contributed by atoms with Crippen LogP contribution in [0.3, 0.4) is 0 Å². The van der Waals surface area contributed by atoms with Crippen LogP contribution in [-0.2, 0) is 16.0 Å². The van der Waals surface area contributed by atoms with Crippen molar-refractivity contribution in [2.75, 3.05) is 28.4 Å². The van der Waals surface area contributed by atoms with E-state index in [9.17, 15) is 4.79 Å². The number of pyridine rings is 1. The molecule has 0 aliphatic heterocycles. The summed E-state index contributed by atoms with van der Waals surface area (Å²) in [6, 6.07) is 9.35. The number of aromatic nitrogens is 1. The Morgan fingerprint density at radius 3 is 2.09 bits per heavy atom. The smallest absolute Gasteiger partial charge is 0.313 e. The van der Waals surface area contributed by atoms with Gasteiger partial charge in [-0.2, -0.15) is 0 Å². The maximum atomic E-state index is 12.2. The van der Waals surface area contributed by atoms with Gasteiger partial charge in [0, 0.05) is 23.6 Å². The van der Waals surface area contributed by atoms with Gasteiger partial charge in [-0.05, 0) is 41.3 Å². The number of rotatable bonds is 9. The molecule has 0 fully saturated rings. The van der Waals surface area contributed by atoms with Crippen molar-refractivity contribution in [3.8, 4) is 23.0 Å². The molecular weight excluding hydrogens is 422 g/mol. The van der Waals surface area contributed by atoms with Gasteiger partial charge in [-0.25, -0.2) is 0 Å². The zero-order chi connectivity index (χ0) is 24.1. The topological polar surface area (TPSA) is 76.1 Å². The third kappa shape index (κ3) is 5.03. The highest BCUT2D eigenvalue weighted by Gasteiger charge is 2.19. The van der Waals surface area contributed by atoms with E-state index in [-0.39, 0.29) is 17.6 Å². The lowest BCUT2D eigenvalue weighted by molar-refractivity contribution is -0.140. The molecule has 1 heterocycles. The number of hydrogen-bond acceptors (Lipinski definition) is 7. The molecule has 0 saturated carbocycles. The Hall–Kier alpha value is -3.74. The SMILES string of the molecule is C=C(OC(=O)C(C)C)c1cc(OC)c(OC)cc1Cc1nccc2cc(OC)c(OC)cc12. The summed E-state index contributed by atoms with van der Waals surface area (Å²) in [6.45, 7) is 7.54. The van der Waals surface area contributed by atoms with Crippen molar-refractivity contribution in [3.05, 3.63) is 59.9 Å². The fourth-order valence-electron chi connectivity index (χ4n) is 3.50. The molecule has 0 aliphatic carbocycles. The summed E-state index contributed by atoms with van der Waals surface area (Å²) in [5.41, 5.74) is 2.27. The van der Waals surface area contributed by atoms with Gasteiger partial charge >= 0.3 is 5.97 Å². The van der Waals surface area contributed by atoms with E-state index in [1.807, 2.05) is 24.3 Å². The number of carbonyl (C=O) groups excluding carboxylic acids is 1. The monoisotopic (exact) mass is 451 g/mol. The summed E-state index contributed by atoms with van der Waals surface area (Å²) in [7, 11) is 6.32. The first-order valence-electron chi connectivity index (χ1n) is 10.5. The number of hydrogen-bond donors (Lipinski definition) is 0. The zero-order valence-electron chi connectivity index (χ0n) is 19.9. The molecule has 33 heavy (non-hydrogen) atoms. The molecule has 0 amide bonds. The average molecular weight is 452 g/mol. The fraction of sp³-hybridized carbons (Fsp3) is 0.308. The van der Waals surface area contributed by atoms with Gasteiger partial charge in [0.1, 0.15) is 5.76 Å². The first-order chi connectivity index (χ1) is 15.8. The van der Waals surface area contributed by atoms with Crippen molar-refractivity contribution >= 4 is 22.5 Å². The van der Waals surface area contributed by atoms with Gasteiger partial charge in [0.2, 0.25) is 0 Å². The second-order valence-electron chi connectivity index (χ2n) is 7.73. The number of ether oxygens (including phenoxy) is 5. The normalized spacial score (nSPS) is 10.8. The van der Waals surface area contributed by atoms with Gasteiger partial charge in [0.25, 0.3) is 0 Å².